The molecule has 1 aliphatic carbocycles. The molecule has 0 bridgehead atoms. The lowest BCUT2D eigenvalue weighted by Crippen LogP contribution is -2.47. The number of hydrogen-bond donors (Lipinski definition) is 1. The largest absolute Gasteiger partial charge is 0.493 e. The van der Waals surface area contributed by atoms with Crippen molar-refractivity contribution in [1.82, 2.24) is 19.8 Å². The summed E-state index contributed by atoms with van der Waals surface area (Å²) in [6, 6.07) is 16.1. The van der Waals surface area contributed by atoms with Crippen LogP contribution in [0.15, 0.2) is 67.0 Å². The Morgan fingerprint density at radius 2 is 1.62 bits per heavy atom. The Balaban J connectivity index is 1.15. The third-order valence-corrected chi connectivity index (χ3v) is 8.64. The van der Waals surface area contributed by atoms with Crippen LogP contribution in [0.5, 0.6) is 11.5 Å². The van der Waals surface area contributed by atoms with Crippen LogP contribution in [0.3, 0.4) is 0 Å². The zero-order valence-electron chi connectivity index (χ0n) is 25.1. The summed E-state index contributed by atoms with van der Waals surface area (Å²) in [7, 11) is 1.59. The molecule has 3 aromatic carbocycles. The van der Waals surface area contributed by atoms with E-state index in [-0.39, 0.29) is 0 Å². The van der Waals surface area contributed by atoms with E-state index in [0.29, 0.717) is 40.4 Å². The average Bonchev–Trinajstić information content (AvgIpc) is 3.89. The molecule has 1 aromatic heterocycles. The highest BCUT2D eigenvalue weighted by Gasteiger charge is 2.32. The summed E-state index contributed by atoms with van der Waals surface area (Å²) in [5, 5.41) is 0.761. The molecule has 236 valence electrons. The highest BCUT2D eigenvalue weighted by Crippen LogP contribution is 2.37. The maximum atomic E-state index is 13.0. The fourth-order valence-corrected chi connectivity index (χ4v) is 6.05. The van der Waals surface area contributed by atoms with Gasteiger partial charge in [0, 0.05) is 55.8 Å². The van der Waals surface area contributed by atoms with E-state index in [1.165, 1.54) is 31.3 Å². The minimum atomic E-state index is -4.47. The van der Waals surface area contributed by atoms with Gasteiger partial charge in [0.05, 0.1) is 36.4 Å². The van der Waals surface area contributed by atoms with Crippen molar-refractivity contribution < 1.29 is 27.4 Å². The van der Waals surface area contributed by atoms with Crippen LogP contribution in [0, 0.1) is 0 Å². The minimum absolute atomic E-state index is 0.379. The van der Waals surface area contributed by atoms with E-state index in [1.54, 1.807) is 31.4 Å². The molecule has 0 radical (unpaired) electrons. The van der Waals surface area contributed by atoms with Gasteiger partial charge in [-0.3, -0.25) is 9.69 Å². The van der Waals surface area contributed by atoms with Crippen molar-refractivity contribution in [1.29, 1.82) is 0 Å². The lowest BCUT2D eigenvalue weighted by molar-refractivity contribution is -0.137. The van der Waals surface area contributed by atoms with Crippen molar-refractivity contribution in [3.8, 4) is 22.8 Å². The molecule has 6 rings (SSSR count). The summed E-state index contributed by atoms with van der Waals surface area (Å²) in [4.78, 5) is 26.5. The van der Waals surface area contributed by atoms with Gasteiger partial charge in [-0.05, 0) is 48.6 Å². The van der Waals surface area contributed by atoms with Gasteiger partial charge in [0.1, 0.15) is 6.33 Å². The van der Waals surface area contributed by atoms with Gasteiger partial charge in [0.25, 0.3) is 0 Å². The van der Waals surface area contributed by atoms with Gasteiger partial charge in [-0.15, -0.1) is 0 Å². The highest BCUT2D eigenvalue weighted by atomic mass is 19.4. The summed E-state index contributed by atoms with van der Waals surface area (Å²) in [5.74, 6) is -0.382. The number of rotatable bonds is 11. The normalized spacial score (nSPS) is 16.9. The molecular formula is C34H36F3N5O3. The number of aromatic nitrogens is 2. The number of primary amides is 1. The lowest BCUT2D eigenvalue weighted by Gasteiger charge is -2.34. The van der Waals surface area contributed by atoms with Crippen LogP contribution in [0.25, 0.3) is 22.2 Å². The Bertz CT molecular complexity index is 1630. The van der Waals surface area contributed by atoms with E-state index < -0.39 is 23.6 Å². The SMILES string of the molecule is COc1cc2c(-c3ccc(C(C(N)=O)c4ccc(C(F)(F)F)cc4)cc3)ncnc2cc1OCCCN1CCN(C2CC2)CC1. The number of fused-ring (bicyclic) bond motifs is 1. The van der Waals surface area contributed by atoms with Crippen LogP contribution in [0.4, 0.5) is 13.2 Å². The standard InChI is InChI=1S/C34H36F3N5O3/c1-44-29-19-27-28(20-30(29)45-18-2-13-41-14-16-42(17-15-41)26-11-12-26)39-21-40-32(27)24-5-3-22(4-6-24)31(33(38)43)23-7-9-25(10-8-23)34(35,36)37/h3-10,19-21,26,31H,2,11-18H2,1H3,(H2,38,43). The van der Waals surface area contributed by atoms with Crippen molar-refractivity contribution >= 4 is 16.8 Å². The second kappa shape index (κ2) is 13.0. The molecule has 1 unspecified atom stereocenters. The summed E-state index contributed by atoms with van der Waals surface area (Å²) < 4.78 is 50.9. The average molecular weight is 620 g/mol. The summed E-state index contributed by atoms with van der Waals surface area (Å²) in [6.07, 6.45) is 0.629. The van der Waals surface area contributed by atoms with Crippen LogP contribution in [0.1, 0.15) is 41.9 Å². The van der Waals surface area contributed by atoms with E-state index in [1.807, 2.05) is 12.1 Å². The maximum Gasteiger partial charge on any atom is 0.416 e. The molecule has 1 saturated carbocycles. The third-order valence-electron chi connectivity index (χ3n) is 8.64. The topological polar surface area (TPSA) is 93.8 Å². The van der Waals surface area contributed by atoms with Gasteiger partial charge in [-0.2, -0.15) is 13.2 Å². The van der Waals surface area contributed by atoms with Gasteiger partial charge in [-0.1, -0.05) is 36.4 Å². The molecule has 1 aliphatic heterocycles. The van der Waals surface area contributed by atoms with Gasteiger partial charge < -0.3 is 20.1 Å². The van der Waals surface area contributed by atoms with Gasteiger partial charge >= 0.3 is 6.18 Å². The fraction of sp³-hybridized carbons (Fsp3) is 0.382. The monoisotopic (exact) mass is 619 g/mol. The van der Waals surface area contributed by atoms with E-state index in [4.69, 9.17) is 15.2 Å². The number of alkyl halides is 3. The molecule has 2 N–H and O–H groups in total. The van der Waals surface area contributed by atoms with Crippen LogP contribution in [-0.4, -0.2) is 78.2 Å². The Labute approximate surface area is 260 Å². The highest BCUT2D eigenvalue weighted by molar-refractivity contribution is 5.94. The molecule has 2 heterocycles. The Kier molecular flexibility index (Phi) is 8.91. The second-order valence-electron chi connectivity index (χ2n) is 11.6. The number of amides is 1. The molecule has 11 heteroatoms. The zero-order valence-corrected chi connectivity index (χ0v) is 25.1. The van der Waals surface area contributed by atoms with Crippen LogP contribution in [-0.2, 0) is 11.0 Å². The van der Waals surface area contributed by atoms with Crippen molar-refractivity contribution in [3.63, 3.8) is 0 Å². The molecular weight excluding hydrogens is 583 g/mol. The number of nitrogens with two attached hydrogens (primary N) is 1. The first-order valence-corrected chi connectivity index (χ1v) is 15.2. The molecule has 4 aromatic rings. The molecule has 1 atom stereocenters. The second-order valence-corrected chi connectivity index (χ2v) is 11.6. The number of hydrogen-bond acceptors (Lipinski definition) is 7. The van der Waals surface area contributed by atoms with Gasteiger partial charge in [0.15, 0.2) is 11.5 Å². The molecule has 0 spiro atoms. The van der Waals surface area contributed by atoms with Crippen molar-refractivity contribution in [3.05, 3.63) is 83.7 Å². The number of ether oxygens (including phenoxy) is 2. The molecule has 45 heavy (non-hydrogen) atoms. The number of methoxy groups -OCH3 is 1. The predicted molar refractivity (Wildman–Crippen MR) is 165 cm³/mol. The molecule has 1 amide bonds. The number of halogens is 3. The molecule has 2 aliphatic rings. The first kappa shape index (κ1) is 30.8. The fourth-order valence-electron chi connectivity index (χ4n) is 6.05. The lowest BCUT2D eigenvalue weighted by atomic mass is 9.89. The maximum absolute atomic E-state index is 13.0. The number of carbonyl (C=O) groups is 1. The third kappa shape index (κ3) is 7.04. The minimum Gasteiger partial charge on any atom is -0.493 e. The van der Waals surface area contributed by atoms with Crippen molar-refractivity contribution in [2.24, 2.45) is 5.73 Å². The summed E-state index contributed by atoms with van der Waals surface area (Å²) >= 11 is 0. The smallest absolute Gasteiger partial charge is 0.416 e. The Morgan fingerprint density at radius 1 is 0.956 bits per heavy atom. The summed E-state index contributed by atoms with van der Waals surface area (Å²) in [5.41, 5.74) is 7.94. The van der Waals surface area contributed by atoms with Crippen LogP contribution >= 0.6 is 0 Å². The predicted octanol–water partition coefficient (Wildman–Crippen LogP) is 5.49. The summed E-state index contributed by atoms with van der Waals surface area (Å²) in [6.45, 7) is 6.07. The Morgan fingerprint density at radius 3 is 2.22 bits per heavy atom. The first-order valence-electron chi connectivity index (χ1n) is 15.2. The van der Waals surface area contributed by atoms with E-state index in [9.17, 15) is 18.0 Å². The number of nitrogens with zero attached hydrogens (tertiary/aromatic N) is 4. The quantitative estimate of drug-likeness (QED) is 0.222. The molecule has 1 saturated heterocycles. The number of piperazine rings is 1. The van der Waals surface area contributed by atoms with E-state index in [0.717, 1.165) is 68.3 Å². The number of carbonyl (C=O) groups excluding carboxylic acids is 1. The van der Waals surface area contributed by atoms with Crippen LogP contribution < -0.4 is 15.2 Å². The molecule has 8 nitrogen and oxygen atoms in total. The van der Waals surface area contributed by atoms with Gasteiger partial charge in [-0.25, -0.2) is 9.97 Å². The van der Waals surface area contributed by atoms with Gasteiger partial charge in [0.2, 0.25) is 5.91 Å². The van der Waals surface area contributed by atoms with Crippen molar-refractivity contribution in [2.45, 2.75) is 37.4 Å². The van der Waals surface area contributed by atoms with E-state index in [2.05, 4.69) is 19.8 Å². The van der Waals surface area contributed by atoms with Crippen molar-refractivity contribution in [2.75, 3.05) is 46.4 Å². The molecule has 2 fully saturated rings. The van der Waals surface area contributed by atoms with Crippen LogP contribution in [0.2, 0.25) is 0 Å². The number of benzene rings is 3. The zero-order chi connectivity index (χ0) is 31.6. The Hall–Kier alpha value is -4.22. The first-order chi connectivity index (χ1) is 21.7. The van der Waals surface area contributed by atoms with E-state index >= 15 is 0 Å².